The van der Waals surface area contributed by atoms with E-state index in [4.69, 9.17) is 0 Å². The minimum atomic E-state index is -3.42. The molecule has 1 fully saturated rings. The number of piperidine rings is 1. The third-order valence-electron chi connectivity index (χ3n) is 5.82. The van der Waals surface area contributed by atoms with Crippen LogP contribution in [0.3, 0.4) is 0 Å². The van der Waals surface area contributed by atoms with Gasteiger partial charge in [-0.25, -0.2) is 13.2 Å². The first-order valence-corrected chi connectivity index (χ1v) is 13.0. The monoisotopic (exact) mass is 454 g/mol. The zero-order valence-electron chi connectivity index (χ0n) is 17.5. The number of hydrogen-bond donors (Lipinski definition) is 1. The molecule has 31 heavy (non-hydrogen) atoms. The second-order valence-electron chi connectivity index (χ2n) is 7.75. The maximum atomic E-state index is 13.1. The maximum Gasteiger partial charge on any atom is 0.321 e. The number of aryl methyl sites for hydroxylation is 1. The summed E-state index contributed by atoms with van der Waals surface area (Å²) in [6.45, 7) is 2.94. The van der Waals surface area contributed by atoms with Gasteiger partial charge in [0, 0.05) is 18.8 Å². The maximum absolute atomic E-state index is 13.1. The van der Waals surface area contributed by atoms with Crippen LogP contribution in [0.4, 0.5) is 10.5 Å². The highest BCUT2D eigenvalue weighted by atomic mass is 32.2. The lowest BCUT2D eigenvalue weighted by Crippen LogP contribution is -2.44. The fraction of sp³-hybridized carbons (Fsp3) is 0.292. The fourth-order valence-corrected chi connectivity index (χ4v) is 6.25. The fourth-order valence-electron chi connectivity index (χ4n) is 3.85. The number of nitrogens with zero attached hydrogens (tertiary/aromatic N) is 1. The quantitative estimate of drug-likeness (QED) is 0.558. The van der Waals surface area contributed by atoms with E-state index in [-0.39, 0.29) is 6.03 Å². The molecule has 1 aromatic heterocycles. The van der Waals surface area contributed by atoms with Crippen LogP contribution in [0.15, 0.2) is 70.3 Å². The number of carbonyl (C=O) groups is 1. The first kappa shape index (κ1) is 21.6. The summed E-state index contributed by atoms with van der Waals surface area (Å²) in [5, 5.41) is 6.49. The van der Waals surface area contributed by atoms with Gasteiger partial charge in [0.15, 0.2) is 9.84 Å². The molecule has 0 spiro atoms. The average molecular weight is 455 g/mol. The number of thiophene rings is 1. The second kappa shape index (κ2) is 9.24. The Morgan fingerprint density at radius 1 is 1.00 bits per heavy atom. The lowest BCUT2D eigenvalue weighted by Gasteiger charge is -2.31. The number of rotatable bonds is 5. The van der Waals surface area contributed by atoms with Crippen LogP contribution in [0.25, 0.3) is 11.1 Å². The van der Waals surface area contributed by atoms with Crippen LogP contribution in [-0.2, 0) is 16.3 Å². The molecule has 1 N–H and O–H groups in total. The van der Waals surface area contributed by atoms with Crippen LogP contribution in [0, 0.1) is 0 Å². The summed E-state index contributed by atoms with van der Waals surface area (Å²) in [5.74, 6) is 0. The van der Waals surface area contributed by atoms with Gasteiger partial charge in [-0.1, -0.05) is 31.2 Å². The Bertz CT molecular complexity index is 1110. The van der Waals surface area contributed by atoms with E-state index in [1.54, 1.807) is 28.4 Å². The first-order valence-electron chi connectivity index (χ1n) is 10.5. The lowest BCUT2D eigenvalue weighted by atomic mass is 10.1. The number of benzene rings is 2. The molecule has 3 aromatic rings. The molecule has 1 aliphatic rings. The standard InChI is InChI=1S/C24H26N2O3S2/c1-2-18-3-7-21(8-4-18)25-24(27)26-14-11-23(12-15-26)31(28,29)22-9-5-19(6-10-22)20-13-16-30-17-20/h3-10,13,16-17,23H,2,11-12,14-15H2,1H3,(H,25,27). The van der Waals surface area contributed by atoms with Gasteiger partial charge in [0.05, 0.1) is 10.1 Å². The van der Waals surface area contributed by atoms with Crippen LogP contribution in [0.2, 0.25) is 0 Å². The van der Waals surface area contributed by atoms with E-state index in [0.717, 1.165) is 23.2 Å². The Hall–Kier alpha value is -2.64. The SMILES string of the molecule is CCc1ccc(NC(=O)N2CCC(S(=O)(=O)c3ccc(-c4ccsc4)cc3)CC2)cc1. The summed E-state index contributed by atoms with van der Waals surface area (Å²) in [7, 11) is -3.42. The molecule has 1 saturated heterocycles. The molecular formula is C24H26N2O3S2. The second-order valence-corrected chi connectivity index (χ2v) is 10.8. The normalized spacial score (nSPS) is 15.1. The van der Waals surface area contributed by atoms with Crippen LogP contribution < -0.4 is 5.32 Å². The van der Waals surface area contributed by atoms with Gasteiger partial charge in [-0.3, -0.25) is 0 Å². The molecular weight excluding hydrogens is 428 g/mol. The molecule has 5 nitrogen and oxygen atoms in total. The summed E-state index contributed by atoms with van der Waals surface area (Å²) in [5.41, 5.74) is 4.08. The van der Waals surface area contributed by atoms with E-state index in [1.165, 1.54) is 5.56 Å². The highest BCUT2D eigenvalue weighted by Gasteiger charge is 2.32. The Labute approximate surface area is 187 Å². The Kier molecular flexibility index (Phi) is 6.43. The summed E-state index contributed by atoms with van der Waals surface area (Å²) >= 11 is 1.62. The van der Waals surface area contributed by atoms with Crippen LogP contribution in [0.1, 0.15) is 25.3 Å². The van der Waals surface area contributed by atoms with Gasteiger partial charge >= 0.3 is 6.03 Å². The van der Waals surface area contributed by atoms with Crippen molar-refractivity contribution >= 4 is 32.9 Å². The number of carbonyl (C=O) groups excluding carboxylic acids is 1. The molecule has 7 heteroatoms. The van der Waals surface area contributed by atoms with Gasteiger partial charge in [-0.05, 0) is 77.0 Å². The van der Waals surface area contributed by atoms with Crippen molar-refractivity contribution in [2.45, 2.75) is 36.3 Å². The average Bonchev–Trinajstić information content (AvgIpc) is 3.35. The van der Waals surface area contributed by atoms with E-state index >= 15 is 0 Å². The Morgan fingerprint density at radius 2 is 1.68 bits per heavy atom. The van der Waals surface area contributed by atoms with Crippen LogP contribution in [-0.4, -0.2) is 37.7 Å². The van der Waals surface area contributed by atoms with Crippen LogP contribution in [0.5, 0.6) is 0 Å². The number of sulfone groups is 1. The third-order valence-corrected chi connectivity index (χ3v) is 8.78. The third kappa shape index (κ3) is 4.83. The van der Waals surface area contributed by atoms with Gasteiger partial charge in [-0.15, -0.1) is 0 Å². The Morgan fingerprint density at radius 3 is 2.26 bits per heavy atom. The number of urea groups is 1. The number of hydrogen-bond acceptors (Lipinski definition) is 4. The minimum Gasteiger partial charge on any atom is -0.324 e. The van der Waals surface area contributed by atoms with E-state index in [9.17, 15) is 13.2 Å². The van der Waals surface area contributed by atoms with Gasteiger partial charge in [0.2, 0.25) is 0 Å². The minimum absolute atomic E-state index is 0.180. The summed E-state index contributed by atoms with van der Waals surface area (Å²) in [6.07, 6.45) is 1.83. The van der Waals surface area contributed by atoms with Gasteiger partial charge in [-0.2, -0.15) is 11.3 Å². The zero-order valence-corrected chi connectivity index (χ0v) is 19.1. The highest BCUT2D eigenvalue weighted by Crippen LogP contribution is 2.28. The molecule has 2 aromatic carbocycles. The highest BCUT2D eigenvalue weighted by molar-refractivity contribution is 7.92. The van der Waals surface area contributed by atoms with Crippen molar-refractivity contribution in [3.05, 3.63) is 70.9 Å². The van der Waals surface area contributed by atoms with Gasteiger partial charge in [0.25, 0.3) is 0 Å². The molecule has 0 aliphatic carbocycles. The predicted octanol–water partition coefficient (Wildman–Crippen LogP) is 5.45. The lowest BCUT2D eigenvalue weighted by molar-refractivity contribution is 0.200. The smallest absolute Gasteiger partial charge is 0.321 e. The molecule has 162 valence electrons. The number of anilines is 1. The molecule has 0 unspecified atom stereocenters. The van der Waals surface area contributed by atoms with E-state index in [1.807, 2.05) is 53.2 Å². The topological polar surface area (TPSA) is 66.5 Å². The molecule has 0 saturated carbocycles. The molecule has 2 amide bonds. The summed E-state index contributed by atoms with van der Waals surface area (Å²) in [6, 6.07) is 16.7. The van der Waals surface area contributed by atoms with E-state index in [0.29, 0.717) is 30.8 Å². The van der Waals surface area contributed by atoms with Crippen molar-refractivity contribution in [2.75, 3.05) is 18.4 Å². The van der Waals surface area contributed by atoms with Crippen molar-refractivity contribution in [3.63, 3.8) is 0 Å². The van der Waals surface area contributed by atoms with Crippen LogP contribution >= 0.6 is 11.3 Å². The van der Waals surface area contributed by atoms with Crippen molar-refractivity contribution in [3.8, 4) is 11.1 Å². The van der Waals surface area contributed by atoms with E-state index in [2.05, 4.69) is 12.2 Å². The van der Waals surface area contributed by atoms with Gasteiger partial charge < -0.3 is 10.2 Å². The first-order chi connectivity index (χ1) is 15.0. The molecule has 0 bridgehead atoms. The zero-order chi connectivity index (χ0) is 21.8. The van der Waals surface area contributed by atoms with Crippen molar-refractivity contribution in [1.29, 1.82) is 0 Å². The van der Waals surface area contributed by atoms with Crippen molar-refractivity contribution < 1.29 is 13.2 Å². The predicted molar refractivity (Wildman–Crippen MR) is 126 cm³/mol. The van der Waals surface area contributed by atoms with Crippen molar-refractivity contribution in [2.24, 2.45) is 0 Å². The largest absolute Gasteiger partial charge is 0.324 e. The molecule has 0 atom stereocenters. The van der Waals surface area contributed by atoms with E-state index < -0.39 is 15.1 Å². The Balaban J connectivity index is 1.36. The molecule has 0 radical (unpaired) electrons. The molecule has 2 heterocycles. The summed E-state index contributed by atoms with van der Waals surface area (Å²) in [4.78, 5) is 14.6. The number of likely N-dealkylation sites (tertiary alicyclic amines) is 1. The summed E-state index contributed by atoms with van der Waals surface area (Å²) < 4.78 is 26.2. The number of nitrogens with one attached hydrogen (secondary N) is 1. The van der Waals surface area contributed by atoms with Crippen molar-refractivity contribution in [1.82, 2.24) is 4.90 Å². The number of amides is 2. The molecule has 4 rings (SSSR count). The van der Waals surface area contributed by atoms with Gasteiger partial charge in [0.1, 0.15) is 0 Å². The molecule has 1 aliphatic heterocycles.